The summed E-state index contributed by atoms with van der Waals surface area (Å²) in [4.78, 5) is 13.3. The van der Waals surface area contributed by atoms with E-state index in [0.717, 1.165) is 28.0 Å². The van der Waals surface area contributed by atoms with Crippen molar-refractivity contribution >= 4 is 34.0 Å². The van der Waals surface area contributed by atoms with Crippen LogP contribution in [0.15, 0.2) is 73.1 Å². The smallest absolute Gasteiger partial charge is 0.229 e. The second-order valence-corrected chi connectivity index (χ2v) is 6.59. The molecule has 0 aliphatic rings. The summed E-state index contributed by atoms with van der Waals surface area (Å²) in [5.41, 5.74) is 2.67. The van der Waals surface area contributed by atoms with E-state index in [0.29, 0.717) is 11.8 Å². The Hall–Kier alpha value is -3.67. The summed E-state index contributed by atoms with van der Waals surface area (Å²) in [7, 11) is 0. The predicted molar refractivity (Wildman–Crippen MR) is 113 cm³/mol. The Balaban J connectivity index is 1.51. The molecule has 6 nitrogen and oxygen atoms in total. The molecular formula is C22H21N5O. The average molecular weight is 371 g/mol. The predicted octanol–water partition coefficient (Wildman–Crippen LogP) is 5.30. The highest BCUT2D eigenvalue weighted by atomic mass is 16.5. The molecule has 0 amide bonds. The number of rotatable bonds is 6. The second kappa shape index (κ2) is 7.92. The third-order valence-corrected chi connectivity index (χ3v) is 4.03. The van der Waals surface area contributed by atoms with Crippen molar-refractivity contribution in [3.8, 4) is 5.75 Å². The highest BCUT2D eigenvalue weighted by molar-refractivity contribution is 5.91. The van der Waals surface area contributed by atoms with Gasteiger partial charge >= 0.3 is 0 Å². The zero-order chi connectivity index (χ0) is 19.3. The Labute approximate surface area is 163 Å². The molecule has 4 rings (SSSR count). The van der Waals surface area contributed by atoms with Crippen LogP contribution >= 0.6 is 0 Å². The minimum Gasteiger partial charge on any atom is -0.491 e. The Morgan fingerprint density at radius 1 is 0.821 bits per heavy atom. The van der Waals surface area contributed by atoms with Crippen molar-refractivity contribution in [1.29, 1.82) is 0 Å². The molecule has 2 aromatic carbocycles. The van der Waals surface area contributed by atoms with Gasteiger partial charge in [-0.1, -0.05) is 18.2 Å². The molecule has 6 heteroatoms. The van der Waals surface area contributed by atoms with Gasteiger partial charge in [0.25, 0.3) is 0 Å². The first-order chi connectivity index (χ1) is 13.7. The molecule has 0 atom stereocenters. The Morgan fingerprint density at radius 2 is 1.64 bits per heavy atom. The fourth-order valence-corrected chi connectivity index (χ4v) is 2.85. The number of pyridine rings is 1. The molecule has 2 aromatic heterocycles. The largest absolute Gasteiger partial charge is 0.491 e. The van der Waals surface area contributed by atoms with Crippen molar-refractivity contribution in [3.63, 3.8) is 0 Å². The first-order valence-electron chi connectivity index (χ1n) is 9.15. The van der Waals surface area contributed by atoms with E-state index < -0.39 is 0 Å². The van der Waals surface area contributed by atoms with Crippen LogP contribution in [0.4, 0.5) is 23.1 Å². The monoisotopic (exact) mass is 371 g/mol. The fraction of sp³-hybridized carbons (Fsp3) is 0.136. The van der Waals surface area contributed by atoms with Gasteiger partial charge in [0, 0.05) is 23.5 Å². The molecule has 0 radical (unpaired) electrons. The van der Waals surface area contributed by atoms with Gasteiger partial charge in [0.1, 0.15) is 11.6 Å². The lowest BCUT2D eigenvalue weighted by Gasteiger charge is -2.12. The van der Waals surface area contributed by atoms with Crippen molar-refractivity contribution in [2.24, 2.45) is 0 Å². The molecule has 0 spiro atoms. The quantitative estimate of drug-likeness (QED) is 0.479. The van der Waals surface area contributed by atoms with Gasteiger partial charge in [-0.05, 0) is 56.3 Å². The number of anilines is 4. The van der Waals surface area contributed by atoms with Crippen LogP contribution in [0.2, 0.25) is 0 Å². The molecule has 0 fully saturated rings. The molecule has 0 unspecified atom stereocenters. The van der Waals surface area contributed by atoms with Gasteiger partial charge in [0.2, 0.25) is 5.95 Å². The van der Waals surface area contributed by atoms with Gasteiger partial charge in [-0.15, -0.1) is 0 Å². The number of aromatic nitrogens is 3. The average Bonchev–Trinajstić information content (AvgIpc) is 2.70. The zero-order valence-corrected chi connectivity index (χ0v) is 15.8. The molecular weight excluding hydrogens is 350 g/mol. The molecule has 0 aliphatic heterocycles. The van der Waals surface area contributed by atoms with E-state index in [-0.39, 0.29) is 6.10 Å². The summed E-state index contributed by atoms with van der Waals surface area (Å²) >= 11 is 0. The Morgan fingerprint density at radius 3 is 2.46 bits per heavy atom. The number of fused-ring (bicyclic) bond motifs is 1. The number of hydrogen-bond donors (Lipinski definition) is 2. The van der Waals surface area contributed by atoms with Gasteiger partial charge in [-0.25, -0.2) is 4.98 Å². The van der Waals surface area contributed by atoms with Crippen LogP contribution < -0.4 is 15.4 Å². The maximum absolute atomic E-state index is 5.67. The second-order valence-electron chi connectivity index (χ2n) is 6.59. The number of hydrogen-bond acceptors (Lipinski definition) is 6. The van der Waals surface area contributed by atoms with E-state index in [1.165, 1.54) is 0 Å². The van der Waals surface area contributed by atoms with E-state index in [4.69, 9.17) is 4.74 Å². The molecule has 0 aliphatic carbocycles. The first-order valence-corrected chi connectivity index (χ1v) is 9.15. The number of para-hydroxylation sites is 1. The highest BCUT2D eigenvalue weighted by Gasteiger charge is 2.05. The van der Waals surface area contributed by atoms with Crippen molar-refractivity contribution in [1.82, 2.24) is 15.0 Å². The van der Waals surface area contributed by atoms with Crippen LogP contribution in [-0.4, -0.2) is 21.1 Å². The number of benzene rings is 2. The standard InChI is InChI=1S/C22H21N5O/c1-15(2)28-18-10-8-17(9-11-18)25-20-12-14-24-22(27-20)26-19-7-3-5-16-6-4-13-23-21(16)19/h3-15H,1-2H3,(H2,24,25,26,27). The fourth-order valence-electron chi connectivity index (χ4n) is 2.85. The Bertz CT molecular complexity index is 1070. The van der Waals surface area contributed by atoms with Crippen LogP contribution in [0.1, 0.15) is 13.8 Å². The van der Waals surface area contributed by atoms with E-state index in [1.54, 1.807) is 12.4 Å². The maximum atomic E-state index is 5.67. The van der Waals surface area contributed by atoms with Gasteiger partial charge in [-0.3, -0.25) is 4.98 Å². The van der Waals surface area contributed by atoms with Crippen LogP contribution in [0.5, 0.6) is 5.75 Å². The molecule has 0 saturated heterocycles. The maximum Gasteiger partial charge on any atom is 0.229 e. The normalized spacial score (nSPS) is 10.8. The lowest BCUT2D eigenvalue weighted by molar-refractivity contribution is 0.242. The van der Waals surface area contributed by atoms with Crippen molar-refractivity contribution in [3.05, 3.63) is 73.1 Å². The van der Waals surface area contributed by atoms with Crippen LogP contribution in [-0.2, 0) is 0 Å². The highest BCUT2D eigenvalue weighted by Crippen LogP contribution is 2.24. The zero-order valence-electron chi connectivity index (χ0n) is 15.8. The van der Waals surface area contributed by atoms with Gasteiger partial charge < -0.3 is 15.4 Å². The van der Waals surface area contributed by atoms with Crippen LogP contribution in [0.3, 0.4) is 0 Å². The summed E-state index contributed by atoms with van der Waals surface area (Å²) in [5, 5.41) is 7.61. The summed E-state index contributed by atoms with van der Waals surface area (Å²) in [6.07, 6.45) is 3.64. The third kappa shape index (κ3) is 4.17. The Kier molecular flexibility index (Phi) is 5.01. The summed E-state index contributed by atoms with van der Waals surface area (Å²) in [6, 6.07) is 19.5. The van der Waals surface area contributed by atoms with Crippen molar-refractivity contribution < 1.29 is 4.74 Å². The van der Waals surface area contributed by atoms with Gasteiger partial charge in [0.15, 0.2) is 0 Å². The first kappa shape index (κ1) is 17.7. The SMILES string of the molecule is CC(C)Oc1ccc(Nc2ccnc(Nc3cccc4cccnc34)n2)cc1. The molecule has 0 bridgehead atoms. The molecule has 28 heavy (non-hydrogen) atoms. The van der Waals surface area contributed by atoms with Crippen molar-refractivity contribution in [2.75, 3.05) is 10.6 Å². The summed E-state index contributed by atoms with van der Waals surface area (Å²) in [6.45, 7) is 4.01. The van der Waals surface area contributed by atoms with E-state index >= 15 is 0 Å². The molecule has 140 valence electrons. The molecule has 2 heterocycles. The summed E-state index contributed by atoms with van der Waals surface area (Å²) < 4.78 is 5.67. The van der Waals surface area contributed by atoms with E-state index in [1.807, 2.05) is 74.5 Å². The molecule has 2 N–H and O–H groups in total. The van der Waals surface area contributed by atoms with Gasteiger partial charge in [0.05, 0.1) is 17.3 Å². The van der Waals surface area contributed by atoms with Gasteiger partial charge in [-0.2, -0.15) is 4.98 Å². The van der Waals surface area contributed by atoms with Crippen LogP contribution in [0, 0.1) is 0 Å². The lowest BCUT2D eigenvalue weighted by atomic mass is 10.2. The summed E-state index contributed by atoms with van der Waals surface area (Å²) in [5.74, 6) is 2.04. The van der Waals surface area contributed by atoms with Crippen LogP contribution in [0.25, 0.3) is 10.9 Å². The minimum absolute atomic E-state index is 0.151. The lowest BCUT2D eigenvalue weighted by Crippen LogP contribution is -2.05. The third-order valence-electron chi connectivity index (χ3n) is 4.03. The number of nitrogens with zero attached hydrogens (tertiary/aromatic N) is 3. The molecule has 0 saturated carbocycles. The van der Waals surface area contributed by atoms with Crippen molar-refractivity contribution in [2.45, 2.75) is 20.0 Å². The minimum atomic E-state index is 0.151. The number of nitrogens with one attached hydrogen (secondary N) is 2. The van der Waals surface area contributed by atoms with E-state index in [2.05, 4.69) is 25.6 Å². The topological polar surface area (TPSA) is 72.0 Å². The van der Waals surface area contributed by atoms with E-state index in [9.17, 15) is 0 Å². The molecule has 4 aromatic rings. The number of ether oxygens (including phenoxy) is 1.